The van der Waals surface area contributed by atoms with E-state index in [0.717, 1.165) is 0 Å². The van der Waals surface area contributed by atoms with Crippen LogP contribution in [0.3, 0.4) is 0 Å². The summed E-state index contributed by atoms with van der Waals surface area (Å²) in [6, 6.07) is 9.76. The molecule has 2 aromatic rings. The van der Waals surface area contributed by atoms with Gasteiger partial charge in [-0.3, -0.25) is 9.69 Å². The van der Waals surface area contributed by atoms with Crippen LogP contribution >= 0.6 is 23.2 Å². The highest BCUT2D eigenvalue weighted by Gasteiger charge is 2.31. The molecule has 2 aromatic carbocycles. The van der Waals surface area contributed by atoms with Gasteiger partial charge in [0.25, 0.3) is 0 Å². The van der Waals surface area contributed by atoms with Crippen molar-refractivity contribution >= 4 is 46.5 Å². The van der Waals surface area contributed by atoms with Crippen LogP contribution in [0.5, 0.6) is 11.5 Å². The van der Waals surface area contributed by atoms with Gasteiger partial charge in [-0.25, -0.2) is 4.79 Å². The Labute approximate surface area is 172 Å². The fourth-order valence-electron chi connectivity index (χ4n) is 2.92. The first-order valence-corrected chi connectivity index (χ1v) is 9.22. The molecular formula is C19H19Cl2N3O4. The van der Waals surface area contributed by atoms with Crippen LogP contribution in [0.25, 0.3) is 0 Å². The molecule has 3 amide bonds. The van der Waals surface area contributed by atoms with Gasteiger partial charge in [0.2, 0.25) is 5.91 Å². The minimum Gasteiger partial charge on any atom is -0.493 e. The molecule has 0 aliphatic carbocycles. The Morgan fingerprint density at radius 3 is 2.50 bits per heavy atom. The van der Waals surface area contributed by atoms with E-state index < -0.39 is 0 Å². The summed E-state index contributed by atoms with van der Waals surface area (Å²) in [6.07, 6.45) is 0. The first-order chi connectivity index (χ1) is 13.4. The zero-order valence-corrected chi connectivity index (χ0v) is 16.9. The summed E-state index contributed by atoms with van der Waals surface area (Å²) in [6.45, 7) is 0.805. The lowest BCUT2D eigenvalue weighted by Crippen LogP contribution is -2.37. The molecular weight excluding hydrogens is 405 g/mol. The molecule has 3 rings (SSSR count). The molecule has 0 unspecified atom stereocenters. The Bertz CT molecular complexity index is 907. The molecule has 1 heterocycles. The van der Waals surface area contributed by atoms with E-state index in [-0.39, 0.29) is 18.5 Å². The van der Waals surface area contributed by atoms with Crippen molar-refractivity contribution in [1.29, 1.82) is 0 Å². The van der Waals surface area contributed by atoms with Crippen molar-refractivity contribution in [2.45, 2.75) is 0 Å². The Kier molecular flexibility index (Phi) is 6.16. The van der Waals surface area contributed by atoms with Crippen molar-refractivity contribution in [3.63, 3.8) is 0 Å². The third kappa shape index (κ3) is 4.26. The van der Waals surface area contributed by atoms with Crippen molar-refractivity contribution in [2.75, 3.05) is 44.1 Å². The van der Waals surface area contributed by atoms with Crippen LogP contribution in [0.1, 0.15) is 0 Å². The zero-order chi connectivity index (χ0) is 20.3. The first-order valence-electron chi connectivity index (χ1n) is 8.46. The monoisotopic (exact) mass is 423 g/mol. The Balaban J connectivity index is 1.66. The van der Waals surface area contributed by atoms with Gasteiger partial charge in [0.05, 0.1) is 24.9 Å². The lowest BCUT2D eigenvalue weighted by Gasteiger charge is -2.19. The second-order valence-corrected chi connectivity index (χ2v) is 6.91. The predicted octanol–water partition coefficient (Wildman–Crippen LogP) is 3.89. The van der Waals surface area contributed by atoms with Gasteiger partial charge >= 0.3 is 6.03 Å². The molecule has 0 atom stereocenters. The summed E-state index contributed by atoms with van der Waals surface area (Å²) >= 11 is 11.9. The van der Waals surface area contributed by atoms with Crippen molar-refractivity contribution in [3.05, 3.63) is 46.4 Å². The number of carbonyl (C=O) groups excluding carboxylic acids is 2. The van der Waals surface area contributed by atoms with Crippen molar-refractivity contribution in [2.24, 2.45) is 0 Å². The smallest absolute Gasteiger partial charge is 0.325 e. The Hall–Kier alpha value is -2.64. The predicted molar refractivity (Wildman–Crippen MR) is 109 cm³/mol. The third-order valence-corrected chi connectivity index (χ3v) is 4.86. The summed E-state index contributed by atoms with van der Waals surface area (Å²) in [5.74, 6) is 0.766. The molecule has 1 N–H and O–H groups in total. The second kappa shape index (κ2) is 8.58. The highest BCUT2D eigenvalue weighted by Crippen LogP contribution is 2.33. The van der Waals surface area contributed by atoms with Crippen molar-refractivity contribution < 1.29 is 19.1 Å². The van der Waals surface area contributed by atoms with E-state index >= 15 is 0 Å². The van der Waals surface area contributed by atoms with Crippen LogP contribution in [-0.2, 0) is 4.79 Å². The molecule has 148 valence electrons. The number of nitrogens with one attached hydrogen (secondary N) is 1. The van der Waals surface area contributed by atoms with Crippen LogP contribution in [0.2, 0.25) is 10.0 Å². The van der Waals surface area contributed by atoms with Crippen LogP contribution < -0.4 is 19.7 Å². The number of urea groups is 1. The minimum atomic E-state index is -0.341. The van der Waals surface area contributed by atoms with Crippen LogP contribution in [-0.4, -0.2) is 50.7 Å². The SMILES string of the molecule is COc1ccc(N2CCN(CC(=O)Nc3ccc(Cl)cc3Cl)C2=O)cc1OC. The second-order valence-electron chi connectivity index (χ2n) is 6.07. The number of methoxy groups -OCH3 is 2. The lowest BCUT2D eigenvalue weighted by atomic mass is 10.2. The van der Waals surface area contributed by atoms with Crippen LogP contribution in [0.4, 0.5) is 16.2 Å². The molecule has 1 fully saturated rings. The molecule has 0 spiro atoms. The molecule has 7 nitrogen and oxygen atoms in total. The van der Waals surface area contributed by atoms with E-state index in [2.05, 4.69) is 5.32 Å². The summed E-state index contributed by atoms with van der Waals surface area (Å²) in [5, 5.41) is 3.50. The van der Waals surface area contributed by atoms with Gasteiger partial charge in [0, 0.05) is 29.9 Å². The summed E-state index contributed by atoms with van der Waals surface area (Å²) < 4.78 is 10.5. The summed E-state index contributed by atoms with van der Waals surface area (Å²) in [5.41, 5.74) is 1.12. The summed E-state index contributed by atoms with van der Waals surface area (Å²) in [7, 11) is 3.08. The van der Waals surface area contributed by atoms with Gasteiger partial charge in [-0.2, -0.15) is 0 Å². The van der Waals surface area contributed by atoms with E-state index in [1.165, 1.54) is 12.0 Å². The molecule has 0 saturated carbocycles. The number of rotatable bonds is 6. The largest absolute Gasteiger partial charge is 0.493 e. The van der Waals surface area contributed by atoms with Crippen molar-refractivity contribution in [3.8, 4) is 11.5 Å². The maximum absolute atomic E-state index is 12.7. The number of hydrogen-bond donors (Lipinski definition) is 1. The molecule has 0 bridgehead atoms. The van der Waals surface area contributed by atoms with E-state index in [9.17, 15) is 9.59 Å². The molecule has 0 radical (unpaired) electrons. The standard InChI is InChI=1S/C19H19Cl2N3O4/c1-27-16-6-4-13(10-17(16)28-2)24-8-7-23(19(24)26)11-18(25)22-15-5-3-12(20)9-14(15)21/h3-6,9-10H,7-8,11H2,1-2H3,(H,22,25). The third-order valence-electron chi connectivity index (χ3n) is 4.31. The van der Waals surface area contributed by atoms with E-state index in [1.807, 2.05) is 0 Å². The average Bonchev–Trinajstić information content (AvgIpc) is 3.03. The Morgan fingerprint density at radius 2 is 1.82 bits per heavy atom. The lowest BCUT2D eigenvalue weighted by molar-refractivity contribution is -0.116. The molecule has 9 heteroatoms. The number of ether oxygens (including phenoxy) is 2. The van der Waals surface area contributed by atoms with Gasteiger partial charge in [-0.05, 0) is 30.3 Å². The minimum absolute atomic E-state index is 0.0818. The number of anilines is 2. The quantitative estimate of drug-likeness (QED) is 0.764. The maximum atomic E-state index is 12.7. The van der Waals surface area contributed by atoms with Gasteiger partial charge in [0.15, 0.2) is 11.5 Å². The first kappa shape index (κ1) is 20.1. The average molecular weight is 424 g/mol. The summed E-state index contributed by atoms with van der Waals surface area (Å²) in [4.78, 5) is 28.1. The molecule has 1 saturated heterocycles. The molecule has 1 aliphatic rings. The van der Waals surface area contributed by atoms with E-state index in [1.54, 1.807) is 48.4 Å². The number of nitrogens with zero attached hydrogens (tertiary/aromatic N) is 2. The molecule has 28 heavy (non-hydrogen) atoms. The van der Waals surface area contributed by atoms with Gasteiger partial charge in [-0.15, -0.1) is 0 Å². The topological polar surface area (TPSA) is 71.1 Å². The van der Waals surface area contributed by atoms with Crippen molar-refractivity contribution in [1.82, 2.24) is 4.90 Å². The highest BCUT2D eigenvalue weighted by molar-refractivity contribution is 6.36. The van der Waals surface area contributed by atoms with Crippen LogP contribution in [0, 0.1) is 0 Å². The number of benzene rings is 2. The fraction of sp³-hybridized carbons (Fsp3) is 0.263. The number of amides is 3. The number of carbonyl (C=O) groups is 2. The maximum Gasteiger partial charge on any atom is 0.325 e. The number of halogens is 2. The van der Waals surface area contributed by atoms with E-state index in [4.69, 9.17) is 32.7 Å². The van der Waals surface area contributed by atoms with Crippen LogP contribution in [0.15, 0.2) is 36.4 Å². The van der Waals surface area contributed by atoms with Gasteiger partial charge < -0.3 is 19.7 Å². The molecule has 0 aromatic heterocycles. The zero-order valence-electron chi connectivity index (χ0n) is 15.4. The van der Waals surface area contributed by atoms with Gasteiger partial charge in [-0.1, -0.05) is 23.2 Å². The van der Waals surface area contributed by atoms with E-state index in [0.29, 0.717) is 46.0 Å². The van der Waals surface area contributed by atoms with Gasteiger partial charge in [0.1, 0.15) is 6.54 Å². The normalized spacial score (nSPS) is 13.6. The fourth-order valence-corrected chi connectivity index (χ4v) is 3.37. The highest BCUT2D eigenvalue weighted by atomic mass is 35.5. The molecule has 1 aliphatic heterocycles. The Morgan fingerprint density at radius 1 is 1.07 bits per heavy atom. The number of hydrogen-bond acceptors (Lipinski definition) is 4.